The number of likely N-dealkylation sites (tertiary alicyclic amines) is 1. The molecule has 1 aromatic heterocycles. The maximum atomic E-state index is 4.20. The van der Waals surface area contributed by atoms with Crippen molar-refractivity contribution >= 4 is 0 Å². The fourth-order valence-electron chi connectivity index (χ4n) is 3.96. The highest BCUT2D eigenvalue weighted by atomic mass is 15.3. The first-order chi connectivity index (χ1) is 10.7. The molecule has 22 heavy (non-hydrogen) atoms. The van der Waals surface area contributed by atoms with Crippen LogP contribution in [0.2, 0.25) is 0 Å². The first-order valence-electron chi connectivity index (χ1n) is 8.82. The topological polar surface area (TPSA) is 31.4 Å². The number of nitrogens with one attached hydrogen (secondary N) is 1. The summed E-state index contributed by atoms with van der Waals surface area (Å²) in [6.07, 6.45) is 6.61. The molecule has 0 radical (unpaired) electrons. The predicted octanol–water partition coefficient (Wildman–Crippen LogP) is 2.15. The van der Waals surface area contributed by atoms with Crippen molar-refractivity contribution in [2.24, 2.45) is 5.92 Å². The van der Waals surface area contributed by atoms with Gasteiger partial charge in [0.2, 0.25) is 0 Å². The Bertz CT molecular complexity index is 450. The van der Waals surface area contributed by atoms with Gasteiger partial charge in [-0.15, -0.1) is 0 Å². The number of hydrogen-bond donors (Lipinski definition) is 1. The van der Waals surface area contributed by atoms with Crippen LogP contribution < -0.4 is 5.32 Å². The summed E-state index contributed by atoms with van der Waals surface area (Å²) in [7, 11) is 0. The van der Waals surface area contributed by atoms with Crippen molar-refractivity contribution in [1.82, 2.24) is 20.1 Å². The van der Waals surface area contributed by atoms with Crippen LogP contribution in [0.1, 0.15) is 38.3 Å². The average Bonchev–Trinajstić information content (AvgIpc) is 2.53. The van der Waals surface area contributed by atoms with Crippen LogP contribution >= 0.6 is 0 Å². The Morgan fingerprint density at radius 3 is 2.77 bits per heavy atom. The van der Waals surface area contributed by atoms with Crippen LogP contribution in [-0.4, -0.2) is 60.1 Å². The third-order valence-corrected chi connectivity index (χ3v) is 5.10. The van der Waals surface area contributed by atoms with E-state index in [0.717, 1.165) is 32.1 Å². The maximum absolute atomic E-state index is 4.20. The second kappa shape index (κ2) is 7.53. The molecule has 0 amide bonds. The zero-order chi connectivity index (χ0) is 15.4. The van der Waals surface area contributed by atoms with Crippen molar-refractivity contribution in [3.63, 3.8) is 0 Å². The van der Waals surface area contributed by atoms with E-state index >= 15 is 0 Å². The van der Waals surface area contributed by atoms with Crippen LogP contribution in [0, 0.1) is 5.92 Å². The normalized spacial score (nSPS) is 29.4. The van der Waals surface area contributed by atoms with Crippen LogP contribution in [0.15, 0.2) is 24.5 Å². The van der Waals surface area contributed by atoms with E-state index in [2.05, 4.69) is 46.1 Å². The van der Waals surface area contributed by atoms with E-state index in [1.54, 1.807) is 0 Å². The second-order valence-electron chi connectivity index (χ2n) is 7.15. The molecular weight excluding hydrogens is 272 g/mol. The standard InChI is InChI=1S/C18H30N4/c1-15-4-3-10-21(12-15)14-18(17-5-7-19-8-6-17)22-11-9-20-16(2)13-22/h5-8,15-16,18,20H,3-4,9-14H2,1-2H3. The summed E-state index contributed by atoms with van der Waals surface area (Å²) in [4.78, 5) is 9.54. The molecule has 0 aromatic carbocycles. The van der Waals surface area contributed by atoms with Gasteiger partial charge in [0.25, 0.3) is 0 Å². The Balaban J connectivity index is 1.74. The molecule has 4 nitrogen and oxygen atoms in total. The van der Waals surface area contributed by atoms with E-state index in [-0.39, 0.29) is 0 Å². The average molecular weight is 302 g/mol. The van der Waals surface area contributed by atoms with E-state index in [1.807, 2.05) is 12.4 Å². The lowest BCUT2D eigenvalue weighted by Gasteiger charge is -2.41. The summed E-state index contributed by atoms with van der Waals surface area (Å²) < 4.78 is 0. The Morgan fingerprint density at radius 1 is 1.23 bits per heavy atom. The van der Waals surface area contributed by atoms with Gasteiger partial charge in [0.1, 0.15) is 0 Å². The number of hydrogen-bond acceptors (Lipinski definition) is 4. The highest BCUT2D eigenvalue weighted by Crippen LogP contribution is 2.25. The number of pyridine rings is 1. The molecule has 0 aliphatic carbocycles. The fraction of sp³-hybridized carbons (Fsp3) is 0.722. The largest absolute Gasteiger partial charge is 0.312 e. The van der Waals surface area contributed by atoms with Crippen molar-refractivity contribution in [3.05, 3.63) is 30.1 Å². The molecule has 4 heteroatoms. The third kappa shape index (κ3) is 4.06. The molecule has 1 aromatic rings. The van der Waals surface area contributed by atoms with Crippen molar-refractivity contribution in [2.75, 3.05) is 39.3 Å². The lowest BCUT2D eigenvalue weighted by Crippen LogP contribution is -2.52. The molecule has 122 valence electrons. The molecule has 3 unspecified atom stereocenters. The smallest absolute Gasteiger partial charge is 0.0477 e. The predicted molar refractivity (Wildman–Crippen MR) is 90.9 cm³/mol. The van der Waals surface area contributed by atoms with Gasteiger partial charge in [-0.2, -0.15) is 0 Å². The van der Waals surface area contributed by atoms with E-state index < -0.39 is 0 Å². The van der Waals surface area contributed by atoms with Crippen molar-refractivity contribution in [1.29, 1.82) is 0 Å². The molecule has 3 rings (SSSR count). The van der Waals surface area contributed by atoms with Gasteiger partial charge in [0.05, 0.1) is 0 Å². The van der Waals surface area contributed by atoms with Crippen LogP contribution in [0.25, 0.3) is 0 Å². The summed E-state index contributed by atoms with van der Waals surface area (Å²) in [5, 5.41) is 3.56. The lowest BCUT2D eigenvalue weighted by atomic mass is 9.98. The summed E-state index contributed by atoms with van der Waals surface area (Å²) >= 11 is 0. The zero-order valence-electron chi connectivity index (χ0n) is 14.0. The number of nitrogens with zero attached hydrogens (tertiary/aromatic N) is 3. The van der Waals surface area contributed by atoms with Gasteiger partial charge in [-0.25, -0.2) is 0 Å². The van der Waals surface area contributed by atoms with Crippen molar-refractivity contribution in [2.45, 2.75) is 38.8 Å². The van der Waals surface area contributed by atoms with Gasteiger partial charge >= 0.3 is 0 Å². The van der Waals surface area contributed by atoms with E-state index in [9.17, 15) is 0 Å². The van der Waals surface area contributed by atoms with E-state index in [0.29, 0.717) is 12.1 Å². The van der Waals surface area contributed by atoms with Crippen LogP contribution in [-0.2, 0) is 0 Å². The number of aromatic nitrogens is 1. The minimum atomic E-state index is 0.498. The number of piperidine rings is 1. The fourth-order valence-corrected chi connectivity index (χ4v) is 3.96. The molecule has 0 bridgehead atoms. The Kier molecular flexibility index (Phi) is 5.45. The molecule has 2 fully saturated rings. The molecule has 1 N–H and O–H groups in total. The van der Waals surface area contributed by atoms with Crippen LogP contribution in [0.3, 0.4) is 0 Å². The molecule has 3 heterocycles. The molecule has 3 atom stereocenters. The summed E-state index contributed by atoms with van der Waals surface area (Å²) in [6.45, 7) is 11.7. The molecule has 2 aliphatic rings. The first kappa shape index (κ1) is 15.9. The summed E-state index contributed by atoms with van der Waals surface area (Å²) in [6, 6.07) is 5.48. The monoisotopic (exact) mass is 302 g/mol. The van der Waals surface area contributed by atoms with E-state index in [1.165, 1.54) is 31.5 Å². The minimum Gasteiger partial charge on any atom is -0.312 e. The molecular formula is C18H30N4. The highest BCUT2D eigenvalue weighted by Gasteiger charge is 2.28. The van der Waals surface area contributed by atoms with E-state index in [4.69, 9.17) is 0 Å². The van der Waals surface area contributed by atoms with Gasteiger partial charge in [-0.1, -0.05) is 6.92 Å². The number of rotatable bonds is 4. The van der Waals surface area contributed by atoms with Gasteiger partial charge in [0, 0.05) is 57.2 Å². The van der Waals surface area contributed by atoms with Gasteiger partial charge in [-0.05, 0) is 49.9 Å². The van der Waals surface area contributed by atoms with Crippen molar-refractivity contribution < 1.29 is 0 Å². The van der Waals surface area contributed by atoms with Crippen LogP contribution in [0.4, 0.5) is 0 Å². The van der Waals surface area contributed by atoms with Crippen molar-refractivity contribution in [3.8, 4) is 0 Å². The van der Waals surface area contributed by atoms with Crippen LogP contribution in [0.5, 0.6) is 0 Å². The lowest BCUT2D eigenvalue weighted by molar-refractivity contribution is 0.0895. The number of piperazine rings is 1. The van der Waals surface area contributed by atoms with Gasteiger partial charge < -0.3 is 10.2 Å². The van der Waals surface area contributed by atoms with Gasteiger partial charge in [-0.3, -0.25) is 9.88 Å². The maximum Gasteiger partial charge on any atom is 0.0477 e. The zero-order valence-corrected chi connectivity index (χ0v) is 14.0. The molecule has 0 spiro atoms. The Labute approximate surface area is 134 Å². The Morgan fingerprint density at radius 2 is 2.05 bits per heavy atom. The second-order valence-corrected chi connectivity index (χ2v) is 7.15. The molecule has 2 aliphatic heterocycles. The summed E-state index contributed by atoms with van der Waals surface area (Å²) in [5.74, 6) is 0.841. The SMILES string of the molecule is CC1CCCN(CC(c2ccncc2)N2CCNC(C)C2)C1. The van der Waals surface area contributed by atoms with Gasteiger partial charge in [0.15, 0.2) is 0 Å². The highest BCUT2D eigenvalue weighted by molar-refractivity contribution is 5.16. The minimum absolute atomic E-state index is 0.498. The molecule has 0 saturated carbocycles. The molecule has 2 saturated heterocycles. The summed E-state index contributed by atoms with van der Waals surface area (Å²) in [5.41, 5.74) is 1.42. The third-order valence-electron chi connectivity index (χ3n) is 5.10. The Hall–Kier alpha value is -0.970. The first-order valence-corrected chi connectivity index (χ1v) is 8.82. The quantitative estimate of drug-likeness (QED) is 0.923.